The third-order valence-corrected chi connectivity index (χ3v) is 6.51. The minimum atomic E-state index is -0.967. The molecule has 1 fully saturated rings. The maximum atomic E-state index is 12.5. The van der Waals surface area contributed by atoms with Crippen molar-refractivity contribution in [2.45, 2.75) is 13.0 Å². The van der Waals surface area contributed by atoms with Crippen LogP contribution < -0.4 is 4.74 Å². The predicted octanol–water partition coefficient (Wildman–Crippen LogP) is 5.47. The number of rotatable bonds is 7. The van der Waals surface area contributed by atoms with E-state index in [-0.39, 0.29) is 18.9 Å². The van der Waals surface area contributed by atoms with E-state index in [9.17, 15) is 9.59 Å². The number of benzene rings is 2. The molecule has 2 aromatic rings. The molecule has 0 atom stereocenters. The number of hydrogen-bond donors (Lipinski definition) is 1. The first-order chi connectivity index (χ1) is 13.8. The zero-order valence-electron chi connectivity index (χ0n) is 14.9. The van der Waals surface area contributed by atoms with Gasteiger partial charge in [0, 0.05) is 11.0 Å². The molecule has 29 heavy (non-hydrogen) atoms. The van der Waals surface area contributed by atoms with Crippen LogP contribution in [-0.2, 0) is 16.2 Å². The number of halogens is 2. The van der Waals surface area contributed by atoms with E-state index in [2.05, 4.69) is 31.9 Å². The Balaban J connectivity index is 1.68. The van der Waals surface area contributed by atoms with Crippen molar-refractivity contribution in [3.05, 3.63) is 67.4 Å². The Morgan fingerprint density at radius 3 is 2.59 bits per heavy atom. The van der Waals surface area contributed by atoms with Crippen LogP contribution >= 0.6 is 55.8 Å². The highest BCUT2D eigenvalue weighted by Crippen LogP contribution is 2.34. The van der Waals surface area contributed by atoms with E-state index < -0.39 is 5.97 Å². The van der Waals surface area contributed by atoms with Gasteiger partial charge in [0.25, 0.3) is 5.91 Å². The molecule has 1 N–H and O–H groups in total. The molecule has 0 radical (unpaired) electrons. The van der Waals surface area contributed by atoms with Gasteiger partial charge < -0.3 is 9.84 Å². The van der Waals surface area contributed by atoms with Gasteiger partial charge in [-0.1, -0.05) is 58.1 Å². The Morgan fingerprint density at radius 1 is 1.21 bits per heavy atom. The maximum Gasteiger partial charge on any atom is 0.305 e. The summed E-state index contributed by atoms with van der Waals surface area (Å²) in [6, 6.07) is 13.4. The molecule has 0 bridgehead atoms. The molecule has 9 heteroatoms. The van der Waals surface area contributed by atoms with Crippen molar-refractivity contribution in [3.63, 3.8) is 0 Å². The van der Waals surface area contributed by atoms with Crippen LogP contribution in [0.25, 0.3) is 6.08 Å². The Hall–Kier alpha value is -1.68. The van der Waals surface area contributed by atoms with E-state index in [0.717, 1.165) is 20.1 Å². The van der Waals surface area contributed by atoms with Crippen molar-refractivity contribution in [3.8, 4) is 5.75 Å². The fourth-order valence-corrected chi connectivity index (χ4v) is 4.60. The normalized spacial score (nSPS) is 15.2. The van der Waals surface area contributed by atoms with Crippen LogP contribution in [0.1, 0.15) is 17.5 Å². The maximum absolute atomic E-state index is 12.5. The van der Waals surface area contributed by atoms with Crippen LogP contribution in [0.5, 0.6) is 5.75 Å². The van der Waals surface area contributed by atoms with Crippen molar-refractivity contribution in [1.29, 1.82) is 0 Å². The van der Waals surface area contributed by atoms with Crippen molar-refractivity contribution < 1.29 is 19.4 Å². The van der Waals surface area contributed by atoms with Crippen molar-refractivity contribution in [2.24, 2.45) is 0 Å². The molecule has 1 heterocycles. The summed E-state index contributed by atoms with van der Waals surface area (Å²) >= 11 is 13.3. The van der Waals surface area contributed by atoms with Gasteiger partial charge in [-0.3, -0.25) is 14.5 Å². The predicted molar refractivity (Wildman–Crippen MR) is 125 cm³/mol. The van der Waals surface area contributed by atoms with Crippen molar-refractivity contribution in [2.75, 3.05) is 6.54 Å². The molecular weight excluding hydrogens is 542 g/mol. The number of carbonyl (C=O) groups excluding carboxylic acids is 1. The van der Waals surface area contributed by atoms with E-state index in [1.807, 2.05) is 42.5 Å². The minimum Gasteiger partial charge on any atom is -0.488 e. The van der Waals surface area contributed by atoms with Crippen LogP contribution in [-0.4, -0.2) is 32.7 Å². The van der Waals surface area contributed by atoms with Crippen molar-refractivity contribution >= 4 is 78.1 Å². The quantitative estimate of drug-likeness (QED) is 0.360. The largest absolute Gasteiger partial charge is 0.488 e. The van der Waals surface area contributed by atoms with Crippen LogP contribution in [0.3, 0.4) is 0 Å². The molecule has 2 aromatic carbocycles. The van der Waals surface area contributed by atoms with Gasteiger partial charge in [0.2, 0.25) is 0 Å². The summed E-state index contributed by atoms with van der Waals surface area (Å²) in [5.74, 6) is -0.544. The number of amides is 1. The average Bonchev–Trinajstić information content (AvgIpc) is 2.93. The number of aliphatic carboxylic acids is 1. The lowest BCUT2D eigenvalue weighted by molar-refractivity contribution is -0.137. The van der Waals surface area contributed by atoms with Gasteiger partial charge in [0.15, 0.2) is 0 Å². The monoisotopic (exact) mass is 555 g/mol. The number of carboxylic acid groups (broad SMARTS) is 1. The van der Waals surface area contributed by atoms with Gasteiger partial charge in [-0.05, 0) is 57.4 Å². The molecule has 1 aliphatic rings. The van der Waals surface area contributed by atoms with E-state index in [4.69, 9.17) is 22.1 Å². The SMILES string of the molecule is O=C(O)CCN1C(=O)/C(=C\c2ccc(OCc3ccc(Br)cc3)c(Br)c2)SC1=S. The van der Waals surface area contributed by atoms with Crippen LogP contribution in [0.4, 0.5) is 0 Å². The van der Waals surface area contributed by atoms with Gasteiger partial charge in [0.1, 0.15) is 16.7 Å². The Kier molecular flexibility index (Phi) is 7.50. The molecule has 3 rings (SSSR count). The third kappa shape index (κ3) is 5.91. The van der Waals surface area contributed by atoms with Crippen molar-refractivity contribution in [1.82, 2.24) is 4.90 Å². The van der Waals surface area contributed by atoms with Crippen LogP contribution in [0.15, 0.2) is 56.3 Å². The molecule has 0 spiro atoms. The lowest BCUT2D eigenvalue weighted by Crippen LogP contribution is -2.30. The minimum absolute atomic E-state index is 0.0733. The standard InChI is InChI=1S/C20H15Br2NO4S2/c21-14-4-1-12(2-5-14)11-27-16-6-3-13(9-15(16)22)10-17-19(26)23(20(28)29-17)8-7-18(24)25/h1-6,9-10H,7-8,11H2,(H,24,25)/b17-10+. The number of thioether (sulfide) groups is 1. The number of carbonyl (C=O) groups is 2. The second-order valence-electron chi connectivity index (χ2n) is 6.08. The number of carboxylic acids is 1. The first kappa shape index (κ1) is 22.0. The fourth-order valence-electron chi connectivity index (χ4n) is 2.52. The van der Waals surface area contributed by atoms with Gasteiger partial charge in [0.05, 0.1) is 15.8 Å². The van der Waals surface area contributed by atoms with Gasteiger partial charge in [-0.15, -0.1) is 0 Å². The Labute approximate surface area is 194 Å². The number of nitrogens with zero attached hydrogens (tertiary/aromatic N) is 1. The van der Waals surface area contributed by atoms with Gasteiger partial charge in [-0.2, -0.15) is 0 Å². The fraction of sp³-hybridized carbons (Fsp3) is 0.150. The Morgan fingerprint density at radius 2 is 1.93 bits per heavy atom. The summed E-state index contributed by atoms with van der Waals surface area (Å²) in [7, 11) is 0. The number of hydrogen-bond acceptors (Lipinski definition) is 5. The molecule has 0 unspecified atom stereocenters. The summed E-state index contributed by atoms with van der Waals surface area (Å²) in [5, 5.41) is 8.81. The average molecular weight is 557 g/mol. The number of ether oxygens (including phenoxy) is 1. The van der Waals surface area contributed by atoms with Gasteiger partial charge >= 0.3 is 5.97 Å². The Bertz CT molecular complexity index is 992. The second kappa shape index (κ2) is 9.88. The van der Waals surface area contributed by atoms with Crippen LogP contribution in [0, 0.1) is 0 Å². The highest BCUT2D eigenvalue weighted by atomic mass is 79.9. The summed E-state index contributed by atoms with van der Waals surface area (Å²) in [5.41, 5.74) is 1.86. The van der Waals surface area contributed by atoms with Gasteiger partial charge in [-0.25, -0.2) is 0 Å². The summed E-state index contributed by atoms with van der Waals surface area (Å²) in [6.45, 7) is 0.511. The highest BCUT2D eigenvalue weighted by Gasteiger charge is 2.32. The lowest BCUT2D eigenvalue weighted by Gasteiger charge is -2.12. The molecular formula is C20H15Br2NO4S2. The second-order valence-corrected chi connectivity index (χ2v) is 9.53. The van der Waals surface area contributed by atoms with E-state index in [1.54, 1.807) is 6.08 Å². The molecule has 0 aliphatic carbocycles. The molecule has 0 saturated carbocycles. The van der Waals surface area contributed by atoms with E-state index >= 15 is 0 Å². The van der Waals surface area contributed by atoms with Crippen LogP contribution in [0.2, 0.25) is 0 Å². The third-order valence-electron chi connectivity index (χ3n) is 3.98. The molecule has 5 nitrogen and oxygen atoms in total. The molecule has 1 saturated heterocycles. The molecule has 1 aliphatic heterocycles. The lowest BCUT2D eigenvalue weighted by atomic mass is 10.2. The number of thiocarbonyl (C=S) groups is 1. The molecule has 0 aromatic heterocycles. The zero-order chi connectivity index (χ0) is 21.0. The summed E-state index contributed by atoms with van der Waals surface area (Å²) in [6.07, 6.45) is 1.60. The van der Waals surface area contributed by atoms with E-state index in [1.165, 1.54) is 16.7 Å². The highest BCUT2D eigenvalue weighted by molar-refractivity contribution is 9.10. The zero-order valence-corrected chi connectivity index (χ0v) is 19.7. The summed E-state index contributed by atoms with van der Waals surface area (Å²) < 4.78 is 8.01. The first-order valence-electron chi connectivity index (χ1n) is 8.47. The molecule has 150 valence electrons. The molecule has 1 amide bonds. The topological polar surface area (TPSA) is 66.8 Å². The smallest absolute Gasteiger partial charge is 0.305 e. The van der Waals surface area contributed by atoms with E-state index in [0.29, 0.717) is 21.6 Å². The first-order valence-corrected chi connectivity index (χ1v) is 11.3. The summed E-state index contributed by atoms with van der Waals surface area (Å²) in [4.78, 5) is 25.0.